The third-order valence-corrected chi connectivity index (χ3v) is 5.91. The maximum absolute atomic E-state index is 12.6. The van der Waals surface area contributed by atoms with Crippen molar-refractivity contribution in [3.8, 4) is 0 Å². The van der Waals surface area contributed by atoms with Crippen LogP contribution in [0.5, 0.6) is 0 Å². The maximum atomic E-state index is 12.6. The predicted molar refractivity (Wildman–Crippen MR) is 84.4 cm³/mol. The van der Waals surface area contributed by atoms with E-state index in [1.54, 1.807) is 23.7 Å². The van der Waals surface area contributed by atoms with E-state index in [9.17, 15) is 13.2 Å². The average molecular weight is 370 g/mol. The number of imidazole rings is 1. The fourth-order valence-corrected chi connectivity index (χ4v) is 4.86. The smallest absolute Gasteiger partial charge is 0.338 e. The van der Waals surface area contributed by atoms with E-state index in [0.717, 1.165) is 5.56 Å². The minimum Gasteiger partial charge on any atom is -0.457 e. The van der Waals surface area contributed by atoms with Gasteiger partial charge in [-0.1, -0.05) is 17.7 Å². The quantitative estimate of drug-likeness (QED) is 0.716. The highest BCUT2D eigenvalue weighted by molar-refractivity contribution is 7.92. The molecule has 23 heavy (non-hydrogen) atoms. The summed E-state index contributed by atoms with van der Waals surface area (Å²) in [5.74, 6) is -0.469. The molecule has 4 rings (SSSR count). The summed E-state index contributed by atoms with van der Waals surface area (Å²) in [6, 6.07) is 4.66. The second-order valence-corrected chi connectivity index (χ2v) is 7.65. The Kier molecular flexibility index (Phi) is 3.12. The first kappa shape index (κ1) is 14.5. The Bertz CT molecular complexity index is 1050. The standard InChI is InChI=1S/C13H8ClN3O4S2/c14-10-11(17-3-4-22-13(17)15-10)23(19,20)16-8-2-1-7-6-21-12(18)9(7)5-8/h1-5,16H,6H2. The lowest BCUT2D eigenvalue weighted by atomic mass is 10.1. The molecule has 1 N–H and O–H groups in total. The van der Waals surface area contributed by atoms with Gasteiger partial charge in [-0.3, -0.25) is 9.12 Å². The summed E-state index contributed by atoms with van der Waals surface area (Å²) in [5.41, 5.74) is 1.33. The lowest BCUT2D eigenvalue weighted by Crippen LogP contribution is -2.15. The number of anilines is 1. The normalized spacial score (nSPS) is 14.0. The molecule has 0 atom stereocenters. The van der Waals surface area contributed by atoms with E-state index in [0.29, 0.717) is 10.5 Å². The third kappa shape index (κ3) is 2.28. The fraction of sp³-hybridized carbons (Fsp3) is 0.0769. The molecule has 118 valence electrons. The van der Waals surface area contributed by atoms with Gasteiger partial charge in [0.2, 0.25) is 0 Å². The number of sulfonamides is 1. The number of fused-ring (bicyclic) bond motifs is 2. The maximum Gasteiger partial charge on any atom is 0.338 e. The Morgan fingerprint density at radius 3 is 3.04 bits per heavy atom. The molecule has 3 aromatic rings. The van der Waals surface area contributed by atoms with Crippen LogP contribution in [0.25, 0.3) is 4.96 Å². The van der Waals surface area contributed by atoms with Crippen molar-refractivity contribution in [3.63, 3.8) is 0 Å². The van der Waals surface area contributed by atoms with Crippen molar-refractivity contribution in [2.45, 2.75) is 11.6 Å². The lowest BCUT2D eigenvalue weighted by molar-refractivity contribution is 0.0535. The molecule has 10 heteroatoms. The molecule has 0 unspecified atom stereocenters. The van der Waals surface area contributed by atoms with E-state index in [2.05, 4.69) is 9.71 Å². The molecule has 2 aromatic heterocycles. The Hall–Kier alpha value is -2.10. The van der Waals surface area contributed by atoms with Gasteiger partial charge in [0.05, 0.1) is 5.56 Å². The monoisotopic (exact) mass is 369 g/mol. The number of rotatable bonds is 3. The van der Waals surface area contributed by atoms with Gasteiger partial charge in [-0.05, 0) is 12.1 Å². The predicted octanol–water partition coefficient (Wildman–Crippen LogP) is 2.52. The number of benzene rings is 1. The first-order valence-electron chi connectivity index (χ1n) is 6.39. The number of cyclic esters (lactones) is 1. The van der Waals surface area contributed by atoms with E-state index >= 15 is 0 Å². The largest absolute Gasteiger partial charge is 0.457 e. The zero-order chi connectivity index (χ0) is 16.2. The van der Waals surface area contributed by atoms with E-state index in [4.69, 9.17) is 16.3 Å². The van der Waals surface area contributed by atoms with Crippen molar-refractivity contribution in [2.75, 3.05) is 4.72 Å². The van der Waals surface area contributed by atoms with Crippen molar-refractivity contribution in [3.05, 3.63) is 46.1 Å². The highest BCUT2D eigenvalue weighted by Gasteiger charge is 2.27. The number of hydrogen-bond acceptors (Lipinski definition) is 6. The number of ether oxygens (including phenoxy) is 1. The minimum absolute atomic E-state index is 0.107. The van der Waals surface area contributed by atoms with Gasteiger partial charge < -0.3 is 4.74 Å². The van der Waals surface area contributed by atoms with Crippen LogP contribution in [0.2, 0.25) is 5.15 Å². The molecule has 0 fully saturated rings. The number of nitrogens with zero attached hydrogens (tertiary/aromatic N) is 2. The number of esters is 1. The van der Waals surface area contributed by atoms with Gasteiger partial charge in [0.1, 0.15) is 6.61 Å². The topological polar surface area (TPSA) is 89.8 Å². The van der Waals surface area contributed by atoms with E-state index in [1.165, 1.54) is 21.8 Å². The van der Waals surface area contributed by atoms with Gasteiger partial charge >= 0.3 is 5.97 Å². The molecule has 0 saturated heterocycles. The molecule has 0 spiro atoms. The van der Waals surface area contributed by atoms with Crippen LogP contribution in [0.4, 0.5) is 5.69 Å². The number of aromatic nitrogens is 2. The summed E-state index contributed by atoms with van der Waals surface area (Å²) in [6.45, 7) is 0.200. The van der Waals surface area contributed by atoms with Gasteiger partial charge in [-0.15, -0.1) is 11.3 Å². The van der Waals surface area contributed by atoms with Crippen LogP contribution < -0.4 is 4.72 Å². The molecule has 0 radical (unpaired) electrons. The molecule has 0 amide bonds. The average Bonchev–Trinajstić information content (AvgIpc) is 3.13. The van der Waals surface area contributed by atoms with Crippen LogP contribution in [0, 0.1) is 0 Å². The van der Waals surface area contributed by atoms with Crippen molar-refractivity contribution >= 4 is 49.6 Å². The van der Waals surface area contributed by atoms with Crippen LogP contribution in [0.1, 0.15) is 15.9 Å². The van der Waals surface area contributed by atoms with Crippen LogP contribution >= 0.6 is 22.9 Å². The van der Waals surface area contributed by atoms with Gasteiger partial charge in [0.25, 0.3) is 10.0 Å². The molecule has 0 bridgehead atoms. The second kappa shape index (κ2) is 4.95. The van der Waals surface area contributed by atoms with E-state index in [-0.39, 0.29) is 22.5 Å². The summed E-state index contributed by atoms with van der Waals surface area (Å²) in [5, 5.41) is 1.46. The first-order chi connectivity index (χ1) is 11.0. The Morgan fingerprint density at radius 2 is 2.22 bits per heavy atom. The molecular formula is C13H8ClN3O4S2. The van der Waals surface area contributed by atoms with E-state index < -0.39 is 16.0 Å². The zero-order valence-electron chi connectivity index (χ0n) is 11.3. The summed E-state index contributed by atoms with van der Waals surface area (Å²) in [7, 11) is -3.96. The Morgan fingerprint density at radius 1 is 1.39 bits per heavy atom. The third-order valence-electron chi connectivity index (χ3n) is 3.37. The number of thiazole rings is 1. The van der Waals surface area contributed by atoms with Crippen molar-refractivity contribution in [1.29, 1.82) is 0 Å². The Labute approximate surface area is 139 Å². The van der Waals surface area contributed by atoms with Crippen LogP contribution in [-0.2, 0) is 21.4 Å². The highest BCUT2D eigenvalue weighted by Crippen LogP contribution is 2.29. The molecule has 0 aliphatic carbocycles. The van der Waals surface area contributed by atoms with Gasteiger partial charge in [-0.25, -0.2) is 9.78 Å². The van der Waals surface area contributed by atoms with Crippen molar-refractivity contribution < 1.29 is 17.9 Å². The summed E-state index contributed by atoms with van der Waals surface area (Å²) >= 11 is 7.23. The SMILES string of the molecule is O=C1OCc2ccc(NS(=O)(=O)c3c(Cl)nc4sccn34)cc21. The van der Waals surface area contributed by atoms with Crippen molar-refractivity contribution in [2.24, 2.45) is 0 Å². The summed E-state index contributed by atoms with van der Waals surface area (Å²) < 4.78 is 33.9. The molecular weight excluding hydrogens is 362 g/mol. The molecule has 1 aromatic carbocycles. The number of halogens is 1. The number of carbonyl (C=O) groups excluding carboxylic acids is 1. The number of nitrogens with one attached hydrogen (secondary N) is 1. The van der Waals surface area contributed by atoms with E-state index in [1.807, 2.05) is 0 Å². The molecule has 7 nitrogen and oxygen atoms in total. The van der Waals surface area contributed by atoms with Gasteiger partial charge in [0, 0.05) is 22.8 Å². The van der Waals surface area contributed by atoms with Crippen LogP contribution in [0.3, 0.4) is 0 Å². The van der Waals surface area contributed by atoms with Gasteiger partial charge in [-0.2, -0.15) is 8.42 Å². The minimum atomic E-state index is -3.96. The lowest BCUT2D eigenvalue weighted by Gasteiger charge is -2.08. The summed E-state index contributed by atoms with van der Waals surface area (Å²) in [4.78, 5) is 16.1. The van der Waals surface area contributed by atoms with Crippen molar-refractivity contribution in [1.82, 2.24) is 9.38 Å². The molecule has 0 saturated carbocycles. The van der Waals surface area contributed by atoms with Crippen LogP contribution in [0.15, 0.2) is 34.8 Å². The first-order valence-corrected chi connectivity index (χ1v) is 9.14. The van der Waals surface area contributed by atoms with Gasteiger partial charge in [0.15, 0.2) is 15.1 Å². The number of carbonyl (C=O) groups is 1. The summed E-state index contributed by atoms with van der Waals surface area (Å²) in [6.07, 6.45) is 1.58. The zero-order valence-corrected chi connectivity index (χ0v) is 13.7. The Balaban J connectivity index is 1.76. The highest BCUT2D eigenvalue weighted by atomic mass is 35.5. The van der Waals surface area contributed by atoms with Crippen LogP contribution in [-0.4, -0.2) is 23.8 Å². The molecule has 3 heterocycles. The number of hydrogen-bond donors (Lipinski definition) is 1. The molecule has 1 aliphatic rings. The molecule has 1 aliphatic heterocycles. The second-order valence-electron chi connectivity index (χ2n) is 4.82. The fourth-order valence-electron chi connectivity index (χ4n) is 2.36.